The Morgan fingerprint density at radius 3 is 2.50 bits per heavy atom. The van der Waals surface area contributed by atoms with E-state index in [0.717, 1.165) is 13.1 Å². The molecular formula is C13H24N2O. The lowest BCUT2D eigenvalue weighted by molar-refractivity contribution is -0.126. The van der Waals surface area contributed by atoms with Crippen molar-refractivity contribution in [1.82, 2.24) is 10.6 Å². The predicted molar refractivity (Wildman–Crippen MR) is 65.1 cm³/mol. The normalized spacial score (nSPS) is 39.6. The van der Waals surface area contributed by atoms with Crippen LogP contribution >= 0.6 is 0 Å². The first-order valence-electron chi connectivity index (χ1n) is 6.69. The van der Waals surface area contributed by atoms with Gasteiger partial charge < -0.3 is 10.6 Å². The second-order valence-electron chi connectivity index (χ2n) is 5.62. The third-order valence-electron chi connectivity index (χ3n) is 4.29. The molecule has 0 aromatic rings. The van der Waals surface area contributed by atoms with Gasteiger partial charge in [-0.15, -0.1) is 0 Å². The van der Waals surface area contributed by atoms with Crippen molar-refractivity contribution in [3.05, 3.63) is 0 Å². The smallest absolute Gasteiger partial charge is 0.224 e. The van der Waals surface area contributed by atoms with E-state index in [9.17, 15) is 4.79 Å². The zero-order valence-electron chi connectivity index (χ0n) is 10.5. The molecular weight excluding hydrogens is 200 g/mol. The molecule has 0 aromatic heterocycles. The molecule has 0 spiro atoms. The molecule has 16 heavy (non-hydrogen) atoms. The summed E-state index contributed by atoms with van der Waals surface area (Å²) in [5.41, 5.74) is 0. The van der Waals surface area contributed by atoms with Crippen molar-refractivity contribution in [2.75, 3.05) is 13.1 Å². The lowest BCUT2D eigenvalue weighted by Crippen LogP contribution is -2.45. The molecule has 1 amide bonds. The van der Waals surface area contributed by atoms with Crippen LogP contribution < -0.4 is 10.6 Å². The lowest BCUT2D eigenvalue weighted by atomic mass is 9.85. The Hall–Kier alpha value is -0.570. The van der Waals surface area contributed by atoms with Crippen molar-refractivity contribution in [3.8, 4) is 0 Å². The third-order valence-corrected chi connectivity index (χ3v) is 4.29. The Labute approximate surface area is 98.4 Å². The van der Waals surface area contributed by atoms with Crippen molar-refractivity contribution in [2.45, 2.75) is 45.6 Å². The molecule has 1 aliphatic heterocycles. The monoisotopic (exact) mass is 224 g/mol. The number of carbonyl (C=O) groups is 1. The predicted octanol–water partition coefficient (Wildman–Crippen LogP) is 1.54. The molecule has 3 nitrogen and oxygen atoms in total. The van der Waals surface area contributed by atoms with Gasteiger partial charge in [0.05, 0.1) is 5.92 Å². The minimum atomic E-state index is 0.189. The van der Waals surface area contributed by atoms with Crippen LogP contribution in [0.15, 0.2) is 0 Å². The maximum Gasteiger partial charge on any atom is 0.224 e. The van der Waals surface area contributed by atoms with Gasteiger partial charge in [0.15, 0.2) is 0 Å². The highest BCUT2D eigenvalue weighted by atomic mass is 16.2. The summed E-state index contributed by atoms with van der Waals surface area (Å²) in [5, 5.41) is 6.55. The summed E-state index contributed by atoms with van der Waals surface area (Å²) in [5.74, 6) is 1.60. The molecule has 92 valence electrons. The number of hydrogen-bond donors (Lipinski definition) is 2. The van der Waals surface area contributed by atoms with Gasteiger partial charge >= 0.3 is 0 Å². The SMILES string of the molecule is CC1CCCCC1NC(=O)C1CNCC1C. The van der Waals surface area contributed by atoms with Gasteiger partial charge in [0.25, 0.3) is 0 Å². The highest BCUT2D eigenvalue weighted by Crippen LogP contribution is 2.25. The van der Waals surface area contributed by atoms with Gasteiger partial charge in [0.2, 0.25) is 5.91 Å². The molecule has 2 fully saturated rings. The van der Waals surface area contributed by atoms with Crippen LogP contribution in [0.5, 0.6) is 0 Å². The molecule has 2 N–H and O–H groups in total. The van der Waals surface area contributed by atoms with Gasteiger partial charge in [-0.05, 0) is 31.2 Å². The summed E-state index contributed by atoms with van der Waals surface area (Å²) < 4.78 is 0. The second-order valence-corrected chi connectivity index (χ2v) is 5.62. The average Bonchev–Trinajstić information content (AvgIpc) is 2.68. The van der Waals surface area contributed by atoms with E-state index >= 15 is 0 Å². The van der Waals surface area contributed by atoms with Gasteiger partial charge in [-0.1, -0.05) is 26.7 Å². The first-order valence-corrected chi connectivity index (χ1v) is 6.69. The van der Waals surface area contributed by atoms with Gasteiger partial charge in [-0.2, -0.15) is 0 Å². The summed E-state index contributed by atoms with van der Waals surface area (Å²) in [6.07, 6.45) is 5.04. The average molecular weight is 224 g/mol. The number of amides is 1. The summed E-state index contributed by atoms with van der Waals surface area (Å²) >= 11 is 0. The Kier molecular flexibility index (Phi) is 3.85. The zero-order valence-corrected chi connectivity index (χ0v) is 10.5. The fourth-order valence-electron chi connectivity index (χ4n) is 2.98. The molecule has 1 heterocycles. The summed E-state index contributed by atoms with van der Waals surface area (Å²) in [4.78, 5) is 12.1. The van der Waals surface area contributed by atoms with Gasteiger partial charge in [0.1, 0.15) is 0 Å². The first-order chi connectivity index (χ1) is 7.68. The second kappa shape index (κ2) is 5.17. The number of hydrogen-bond acceptors (Lipinski definition) is 2. The molecule has 0 radical (unpaired) electrons. The summed E-state index contributed by atoms with van der Waals surface area (Å²) in [7, 11) is 0. The quantitative estimate of drug-likeness (QED) is 0.747. The van der Waals surface area contributed by atoms with Crippen LogP contribution in [0.3, 0.4) is 0 Å². The van der Waals surface area contributed by atoms with Crippen LogP contribution in [0.25, 0.3) is 0 Å². The first kappa shape index (κ1) is 11.9. The third kappa shape index (κ3) is 2.57. The van der Waals surface area contributed by atoms with E-state index in [2.05, 4.69) is 24.5 Å². The summed E-state index contributed by atoms with van der Waals surface area (Å²) in [6, 6.07) is 0.425. The maximum atomic E-state index is 12.1. The topological polar surface area (TPSA) is 41.1 Å². The standard InChI is InChI=1S/C13H24N2O/c1-9-5-3-4-6-12(9)15-13(16)11-8-14-7-10(11)2/h9-12,14H,3-8H2,1-2H3,(H,15,16). The molecule has 1 aliphatic carbocycles. The molecule has 2 aliphatic rings. The Morgan fingerprint density at radius 2 is 1.88 bits per heavy atom. The minimum absolute atomic E-state index is 0.189. The molecule has 2 rings (SSSR count). The van der Waals surface area contributed by atoms with E-state index in [1.165, 1.54) is 25.7 Å². The molecule has 0 bridgehead atoms. The zero-order chi connectivity index (χ0) is 11.5. The van der Waals surface area contributed by atoms with Crippen LogP contribution in [-0.2, 0) is 4.79 Å². The Balaban J connectivity index is 1.86. The molecule has 3 heteroatoms. The summed E-state index contributed by atoms with van der Waals surface area (Å²) in [6.45, 7) is 6.27. The molecule has 4 atom stereocenters. The van der Waals surface area contributed by atoms with Gasteiger partial charge in [-0.3, -0.25) is 4.79 Å². The fourth-order valence-corrected chi connectivity index (χ4v) is 2.98. The van der Waals surface area contributed by atoms with E-state index in [4.69, 9.17) is 0 Å². The van der Waals surface area contributed by atoms with E-state index in [1.807, 2.05) is 0 Å². The van der Waals surface area contributed by atoms with Crippen LogP contribution in [0.1, 0.15) is 39.5 Å². The maximum absolute atomic E-state index is 12.1. The number of carbonyl (C=O) groups excluding carboxylic acids is 1. The van der Waals surface area contributed by atoms with E-state index < -0.39 is 0 Å². The van der Waals surface area contributed by atoms with Gasteiger partial charge in [0, 0.05) is 12.6 Å². The van der Waals surface area contributed by atoms with Crippen LogP contribution in [0.4, 0.5) is 0 Å². The Bertz CT molecular complexity index is 254. The van der Waals surface area contributed by atoms with Crippen molar-refractivity contribution >= 4 is 5.91 Å². The van der Waals surface area contributed by atoms with Crippen molar-refractivity contribution in [1.29, 1.82) is 0 Å². The molecule has 1 saturated heterocycles. The Morgan fingerprint density at radius 1 is 1.12 bits per heavy atom. The van der Waals surface area contributed by atoms with E-state index in [-0.39, 0.29) is 11.8 Å². The van der Waals surface area contributed by atoms with Crippen molar-refractivity contribution in [3.63, 3.8) is 0 Å². The van der Waals surface area contributed by atoms with E-state index in [0.29, 0.717) is 17.9 Å². The highest BCUT2D eigenvalue weighted by Gasteiger charge is 2.32. The van der Waals surface area contributed by atoms with Crippen molar-refractivity contribution in [2.24, 2.45) is 17.8 Å². The largest absolute Gasteiger partial charge is 0.353 e. The molecule has 4 unspecified atom stereocenters. The number of nitrogens with one attached hydrogen (secondary N) is 2. The number of rotatable bonds is 2. The van der Waals surface area contributed by atoms with Crippen LogP contribution in [0.2, 0.25) is 0 Å². The van der Waals surface area contributed by atoms with E-state index in [1.54, 1.807) is 0 Å². The van der Waals surface area contributed by atoms with Crippen LogP contribution in [-0.4, -0.2) is 25.0 Å². The fraction of sp³-hybridized carbons (Fsp3) is 0.923. The van der Waals surface area contributed by atoms with Crippen molar-refractivity contribution < 1.29 is 4.79 Å². The molecule has 0 aromatic carbocycles. The van der Waals surface area contributed by atoms with Crippen LogP contribution in [0, 0.1) is 17.8 Å². The minimum Gasteiger partial charge on any atom is -0.353 e. The van der Waals surface area contributed by atoms with Gasteiger partial charge in [-0.25, -0.2) is 0 Å². The highest BCUT2D eigenvalue weighted by molar-refractivity contribution is 5.79. The molecule has 1 saturated carbocycles. The lowest BCUT2D eigenvalue weighted by Gasteiger charge is -2.30.